The number of ether oxygens (including phenoxy) is 1. The van der Waals surface area contributed by atoms with E-state index < -0.39 is 5.24 Å². The lowest BCUT2D eigenvalue weighted by atomic mass is 10.0. The van der Waals surface area contributed by atoms with Crippen molar-refractivity contribution in [1.82, 2.24) is 9.55 Å². The Morgan fingerprint density at radius 1 is 1.17 bits per heavy atom. The van der Waals surface area contributed by atoms with Crippen molar-refractivity contribution in [3.8, 4) is 5.75 Å². The van der Waals surface area contributed by atoms with Crippen LogP contribution in [0.1, 0.15) is 41.0 Å². The molecule has 0 saturated heterocycles. The number of nitrogens with zero attached hydrogens (tertiary/aromatic N) is 2. The highest BCUT2D eigenvalue weighted by Gasteiger charge is 2.23. The van der Waals surface area contributed by atoms with Gasteiger partial charge in [-0.25, -0.2) is 4.98 Å². The lowest BCUT2D eigenvalue weighted by Gasteiger charge is -2.22. The van der Waals surface area contributed by atoms with E-state index in [2.05, 4.69) is 4.98 Å². The van der Waals surface area contributed by atoms with Gasteiger partial charge in [0.25, 0.3) is 5.24 Å². The van der Waals surface area contributed by atoms with E-state index in [0.29, 0.717) is 26.6 Å². The summed E-state index contributed by atoms with van der Waals surface area (Å²) in [7, 11) is 1.64. The molecular weight excluding hydrogens is 451 g/mol. The molecule has 0 spiro atoms. The van der Waals surface area contributed by atoms with Gasteiger partial charge in [-0.2, -0.15) is 0 Å². The van der Waals surface area contributed by atoms with Gasteiger partial charge >= 0.3 is 0 Å². The van der Waals surface area contributed by atoms with E-state index in [1.54, 1.807) is 13.2 Å². The Labute approximate surface area is 189 Å². The van der Waals surface area contributed by atoms with E-state index in [9.17, 15) is 4.79 Å². The predicted molar refractivity (Wildman–Crippen MR) is 120 cm³/mol. The van der Waals surface area contributed by atoms with Gasteiger partial charge in [0.15, 0.2) is 5.16 Å². The molecule has 4 nitrogen and oxygen atoms in total. The van der Waals surface area contributed by atoms with Crippen LogP contribution in [0, 0.1) is 0 Å². The molecule has 1 atom stereocenters. The van der Waals surface area contributed by atoms with Gasteiger partial charge in [0.2, 0.25) is 0 Å². The first-order chi connectivity index (χ1) is 13.9. The summed E-state index contributed by atoms with van der Waals surface area (Å²) in [5.74, 6) is 1.50. The quantitative estimate of drug-likeness (QED) is 0.267. The fraction of sp³-hybridized carbons (Fsp3) is 0.238. The van der Waals surface area contributed by atoms with Gasteiger partial charge < -0.3 is 9.30 Å². The fourth-order valence-corrected chi connectivity index (χ4v) is 4.48. The van der Waals surface area contributed by atoms with Crippen molar-refractivity contribution in [2.45, 2.75) is 30.3 Å². The first-order valence-electron chi connectivity index (χ1n) is 8.92. The highest BCUT2D eigenvalue weighted by Crippen LogP contribution is 2.34. The molecule has 2 aromatic carbocycles. The normalized spacial score (nSPS) is 12.0. The first-order valence-corrected chi connectivity index (χ1v) is 11.0. The monoisotopic (exact) mass is 468 g/mol. The Morgan fingerprint density at radius 3 is 2.48 bits per heavy atom. The molecule has 1 unspecified atom stereocenters. The lowest BCUT2D eigenvalue weighted by molar-refractivity contribution is 0.107. The van der Waals surface area contributed by atoms with Crippen molar-refractivity contribution >= 4 is 51.8 Å². The number of rotatable bonds is 8. The van der Waals surface area contributed by atoms with Gasteiger partial charge in [-0.05, 0) is 53.4 Å². The van der Waals surface area contributed by atoms with Crippen molar-refractivity contribution in [1.29, 1.82) is 0 Å². The third-order valence-electron chi connectivity index (χ3n) is 4.52. The molecule has 0 fully saturated rings. The maximum atomic E-state index is 12.0. The largest absolute Gasteiger partial charge is 0.497 e. The zero-order chi connectivity index (χ0) is 21.0. The van der Waals surface area contributed by atoms with E-state index in [4.69, 9.17) is 39.5 Å². The summed E-state index contributed by atoms with van der Waals surface area (Å²) in [6.07, 6.45) is 2.24. The average Bonchev–Trinajstić information content (AvgIpc) is 3.14. The number of halogens is 3. The van der Waals surface area contributed by atoms with Crippen molar-refractivity contribution in [3.63, 3.8) is 0 Å². The summed E-state index contributed by atoms with van der Waals surface area (Å²) in [6.45, 7) is 2.04. The summed E-state index contributed by atoms with van der Waals surface area (Å²) < 4.78 is 7.08. The molecule has 0 N–H and O–H groups in total. The van der Waals surface area contributed by atoms with Crippen LogP contribution in [0.3, 0.4) is 0 Å². The number of thioether (sulfide) groups is 1. The molecule has 1 aromatic heterocycles. The van der Waals surface area contributed by atoms with E-state index in [1.165, 1.54) is 18.0 Å². The smallest absolute Gasteiger partial charge is 0.270 e. The van der Waals surface area contributed by atoms with E-state index in [-0.39, 0.29) is 6.04 Å². The van der Waals surface area contributed by atoms with Crippen LogP contribution in [0.5, 0.6) is 5.75 Å². The highest BCUT2D eigenvalue weighted by atomic mass is 35.5. The number of benzene rings is 2. The topological polar surface area (TPSA) is 44.1 Å². The standard InChI is InChI=1S/C21H19Cl3N2O2S/c1-3-18(14-6-9-16(22)17(23)10-14)26-19(20(24)27)11-25-21(26)29-12-13-4-7-15(28-2)8-5-13/h4-11,18H,3,12H2,1-2H3. The Morgan fingerprint density at radius 2 is 1.90 bits per heavy atom. The average molecular weight is 470 g/mol. The van der Waals surface area contributed by atoms with Gasteiger partial charge in [-0.15, -0.1) is 0 Å². The first kappa shape index (κ1) is 22.0. The molecule has 8 heteroatoms. The number of imidazole rings is 1. The molecule has 0 radical (unpaired) electrons. The Hall–Kier alpha value is -1.66. The minimum atomic E-state index is -0.549. The molecule has 0 aliphatic carbocycles. The summed E-state index contributed by atoms with van der Waals surface area (Å²) in [6, 6.07) is 13.2. The number of aromatic nitrogens is 2. The third-order valence-corrected chi connectivity index (χ3v) is 6.49. The van der Waals surface area contributed by atoms with Crippen molar-refractivity contribution in [2.24, 2.45) is 0 Å². The predicted octanol–water partition coefficient (Wildman–Crippen LogP) is 6.87. The number of methoxy groups -OCH3 is 1. The van der Waals surface area contributed by atoms with Crippen molar-refractivity contribution in [2.75, 3.05) is 7.11 Å². The fourth-order valence-electron chi connectivity index (χ4n) is 3.05. The molecule has 0 amide bonds. The van der Waals surface area contributed by atoms with E-state index in [0.717, 1.165) is 23.3 Å². The number of hydrogen-bond acceptors (Lipinski definition) is 4. The zero-order valence-corrected chi connectivity index (χ0v) is 18.9. The van der Waals surface area contributed by atoms with Crippen LogP contribution in [-0.4, -0.2) is 21.9 Å². The molecule has 0 aliphatic rings. The van der Waals surface area contributed by atoms with Crippen molar-refractivity contribution < 1.29 is 9.53 Å². The summed E-state index contributed by atoms with van der Waals surface area (Å²) >= 11 is 19.7. The molecule has 0 bridgehead atoms. The molecule has 29 heavy (non-hydrogen) atoms. The number of hydrogen-bond donors (Lipinski definition) is 0. The van der Waals surface area contributed by atoms with E-state index in [1.807, 2.05) is 47.9 Å². The SMILES string of the molecule is CCC(c1ccc(Cl)c(Cl)c1)n1c(C(=O)Cl)cnc1SCc1ccc(OC)cc1. The minimum absolute atomic E-state index is 0.150. The van der Waals surface area contributed by atoms with Crippen LogP contribution in [-0.2, 0) is 5.75 Å². The molecule has 1 heterocycles. The third kappa shape index (κ3) is 5.10. The molecule has 0 aliphatic heterocycles. The number of carbonyl (C=O) groups is 1. The van der Waals surface area contributed by atoms with Crippen LogP contribution in [0.25, 0.3) is 0 Å². The van der Waals surface area contributed by atoms with Crippen LogP contribution < -0.4 is 4.74 Å². The molecule has 3 rings (SSSR count). The summed E-state index contributed by atoms with van der Waals surface area (Å²) in [4.78, 5) is 16.5. The Balaban J connectivity index is 1.93. The van der Waals surface area contributed by atoms with Crippen molar-refractivity contribution in [3.05, 3.63) is 75.5 Å². The summed E-state index contributed by atoms with van der Waals surface area (Å²) in [5, 5.41) is 1.11. The molecule has 3 aromatic rings. The van der Waals surface area contributed by atoms with E-state index >= 15 is 0 Å². The van der Waals surface area contributed by atoms with Gasteiger partial charge in [0.1, 0.15) is 11.4 Å². The van der Waals surface area contributed by atoms with Gasteiger partial charge in [-0.3, -0.25) is 4.79 Å². The lowest BCUT2D eigenvalue weighted by Crippen LogP contribution is -2.15. The highest BCUT2D eigenvalue weighted by molar-refractivity contribution is 7.98. The molecule has 0 saturated carbocycles. The zero-order valence-electron chi connectivity index (χ0n) is 15.9. The van der Waals surface area contributed by atoms with Crippen LogP contribution in [0.15, 0.2) is 53.8 Å². The van der Waals surface area contributed by atoms with Gasteiger partial charge in [0, 0.05) is 5.75 Å². The molecular formula is C21H19Cl3N2O2S. The maximum absolute atomic E-state index is 12.0. The Bertz CT molecular complexity index is 1010. The number of carbonyl (C=O) groups excluding carboxylic acids is 1. The van der Waals surface area contributed by atoms with Crippen LogP contribution >= 0.6 is 46.6 Å². The second-order valence-electron chi connectivity index (χ2n) is 6.30. The summed E-state index contributed by atoms with van der Waals surface area (Å²) in [5.41, 5.74) is 2.40. The second-order valence-corrected chi connectivity index (χ2v) is 8.40. The molecule has 152 valence electrons. The van der Waals surface area contributed by atoms with Gasteiger partial charge in [0.05, 0.1) is 29.4 Å². The Kier molecular flexibility index (Phi) is 7.52. The second kappa shape index (κ2) is 9.90. The van der Waals surface area contributed by atoms with Crippen LogP contribution in [0.2, 0.25) is 10.0 Å². The van der Waals surface area contributed by atoms with Crippen LogP contribution in [0.4, 0.5) is 0 Å². The van der Waals surface area contributed by atoms with Gasteiger partial charge in [-0.1, -0.05) is 60.1 Å². The minimum Gasteiger partial charge on any atom is -0.497 e. The maximum Gasteiger partial charge on any atom is 0.270 e.